The minimum Gasteiger partial charge on any atom is -0.432 e. The largest absolute Gasteiger partial charge is 0.432 e. The Hall–Kier alpha value is 0.988. The average molecular weight is 629 g/mol. The second-order valence-corrected chi connectivity index (χ2v) is 19.1. The number of aliphatic hydroxyl groups excluding tert-OH is 2. The second kappa shape index (κ2) is 41.1. The zero-order chi connectivity index (χ0) is 30.0. The van der Waals surface area contributed by atoms with Gasteiger partial charge in [-0.05, 0) is 49.1 Å². The first-order chi connectivity index (χ1) is 18.2. The molecule has 240 valence electrons. The van der Waals surface area contributed by atoms with Crippen molar-refractivity contribution in [3.05, 3.63) is 0 Å². The van der Waals surface area contributed by atoms with Crippen LogP contribution in [0.25, 0.3) is 0 Å². The van der Waals surface area contributed by atoms with Crippen molar-refractivity contribution in [1.29, 1.82) is 0 Å². The molecular weight excluding hydrogens is 552 g/mol. The van der Waals surface area contributed by atoms with Gasteiger partial charge in [0.15, 0.2) is 16.6 Å². The number of hydrogen-bond donors (Lipinski definition) is 4. The van der Waals surface area contributed by atoms with Gasteiger partial charge in [0.2, 0.25) is 0 Å². The van der Waals surface area contributed by atoms with Crippen molar-refractivity contribution in [3.8, 4) is 0 Å². The molecule has 0 amide bonds. The summed E-state index contributed by atoms with van der Waals surface area (Å²) in [6.45, 7) is 18.1. The topological polar surface area (TPSA) is 80.9 Å². The maximum Gasteiger partial charge on any atom is 0.188 e. The van der Waals surface area contributed by atoms with Gasteiger partial charge in [-0.3, -0.25) is 0 Å². The molecule has 0 bridgehead atoms. The predicted molar refractivity (Wildman–Crippen MR) is 178 cm³/mol. The van der Waals surface area contributed by atoms with Gasteiger partial charge in [-0.2, -0.15) is 0 Å². The Balaban J connectivity index is -0.000000145. The van der Waals surface area contributed by atoms with Gasteiger partial charge >= 0.3 is 0 Å². The van der Waals surface area contributed by atoms with Gasteiger partial charge in [0.25, 0.3) is 0 Å². The fraction of sp³-hybridized carbons (Fsp3) is 1.00. The maximum absolute atomic E-state index is 10.5. The zero-order valence-electron chi connectivity index (χ0n) is 28.3. The Morgan fingerprint density at radius 3 is 0.564 bits per heavy atom. The van der Waals surface area contributed by atoms with E-state index in [9.17, 15) is 9.59 Å². The van der Waals surface area contributed by atoms with Gasteiger partial charge in [-0.25, -0.2) is 0 Å². The first kappa shape index (κ1) is 49.7. The molecule has 0 aromatic carbocycles. The van der Waals surface area contributed by atoms with Crippen LogP contribution >= 0.6 is 0 Å². The van der Waals surface area contributed by atoms with Crippen LogP contribution in [0, 0.1) is 0 Å². The molecule has 0 aliphatic rings. The summed E-state index contributed by atoms with van der Waals surface area (Å²) in [5.41, 5.74) is 0. The molecule has 0 saturated heterocycles. The molecule has 0 fully saturated rings. The van der Waals surface area contributed by atoms with E-state index >= 15 is 0 Å². The standard InChI is InChI=1S/2C12H28OSi.2C4H10O.Ti/c2*1-4-7-10-14(13,11-8-5-2)12-9-6-3;2*1-2-3-4-5;/h2*13H,4-12H2,1-3H3;2*5H,2-4H2,1H3;. The third kappa shape index (κ3) is 43.6. The Morgan fingerprint density at radius 1 is 0.333 bits per heavy atom. The number of hydrogen-bond acceptors (Lipinski definition) is 4. The molecule has 0 aromatic rings. The molecule has 4 N–H and O–H groups in total. The van der Waals surface area contributed by atoms with Crippen molar-refractivity contribution in [1.82, 2.24) is 0 Å². The van der Waals surface area contributed by atoms with Gasteiger partial charge in [0.05, 0.1) is 0 Å². The van der Waals surface area contributed by atoms with Crippen molar-refractivity contribution in [2.75, 3.05) is 13.2 Å². The van der Waals surface area contributed by atoms with Crippen LogP contribution in [-0.4, -0.2) is 49.7 Å². The monoisotopic (exact) mass is 628 g/mol. The first-order valence-electron chi connectivity index (χ1n) is 16.9. The van der Waals surface area contributed by atoms with E-state index in [1.807, 2.05) is 0 Å². The van der Waals surface area contributed by atoms with Crippen molar-refractivity contribution < 1.29 is 41.5 Å². The Bertz CT molecular complexity index is 321. The third-order valence-electron chi connectivity index (χ3n) is 7.00. The SMILES string of the molecule is CCCCO.CCCCO.CCCC[Si](O)(CCCC)CCCC.CCCC[Si](O)(CCCC)CCCC.[Ti]. The van der Waals surface area contributed by atoms with Crippen LogP contribution in [0.1, 0.15) is 158 Å². The van der Waals surface area contributed by atoms with Crippen molar-refractivity contribution >= 4 is 16.6 Å². The summed E-state index contributed by atoms with van der Waals surface area (Å²) in [4.78, 5) is 21.1. The number of rotatable bonds is 22. The van der Waals surface area contributed by atoms with Crippen LogP contribution in [0.4, 0.5) is 0 Å². The summed E-state index contributed by atoms with van der Waals surface area (Å²) in [7, 11) is -3.62. The van der Waals surface area contributed by atoms with Crippen LogP contribution in [0.3, 0.4) is 0 Å². The third-order valence-corrected chi connectivity index (χ3v) is 14.7. The van der Waals surface area contributed by atoms with Gasteiger partial charge in [-0.1, -0.05) is 145 Å². The minimum atomic E-state index is -1.81. The number of aliphatic hydroxyl groups is 2. The van der Waals surface area contributed by atoms with Crippen LogP contribution < -0.4 is 0 Å². The summed E-state index contributed by atoms with van der Waals surface area (Å²) in [6.07, 6.45) is 18.8. The predicted octanol–water partition coefficient (Wildman–Crippen LogP) is 10.2. The van der Waals surface area contributed by atoms with E-state index in [4.69, 9.17) is 10.2 Å². The van der Waals surface area contributed by atoms with Crippen LogP contribution in [0.5, 0.6) is 0 Å². The average Bonchev–Trinajstić information content (AvgIpc) is 2.93. The molecule has 7 heteroatoms. The molecule has 0 heterocycles. The van der Waals surface area contributed by atoms with E-state index in [0.717, 1.165) is 61.9 Å². The van der Waals surface area contributed by atoms with Crippen molar-refractivity contribution in [3.63, 3.8) is 0 Å². The maximum atomic E-state index is 10.5. The quantitative estimate of drug-likeness (QED) is 0.0900. The molecule has 0 rings (SSSR count). The molecule has 0 atom stereocenters. The molecule has 0 saturated carbocycles. The zero-order valence-corrected chi connectivity index (χ0v) is 31.8. The van der Waals surface area contributed by atoms with E-state index in [2.05, 4.69) is 55.4 Å². The van der Waals surface area contributed by atoms with Gasteiger partial charge in [0, 0.05) is 34.9 Å². The fourth-order valence-corrected chi connectivity index (χ4v) is 11.7. The first-order valence-corrected chi connectivity index (χ1v) is 22.0. The van der Waals surface area contributed by atoms with Crippen molar-refractivity contribution in [2.24, 2.45) is 0 Å². The van der Waals surface area contributed by atoms with Gasteiger partial charge in [0.1, 0.15) is 0 Å². The summed E-state index contributed by atoms with van der Waals surface area (Å²) in [6, 6.07) is 6.85. The Morgan fingerprint density at radius 2 is 0.487 bits per heavy atom. The Labute approximate surface area is 264 Å². The fourth-order valence-electron chi connectivity index (χ4n) is 4.10. The van der Waals surface area contributed by atoms with Gasteiger partial charge in [-0.15, -0.1) is 0 Å². The van der Waals surface area contributed by atoms with E-state index < -0.39 is 16.6 Å². The molecule has 0 aliphatic carbocycles. The van der Waals surface area contributed by atoms with Crippen molar-refractivity contribution in [2.45, 2.75) is 194 Å². The van der Waals surface area contributed by atoms with E-state index in [0.29, 0.717) is 13.2 Å². The molecule has 4 nitrogen and oxygen atoms in total. The second-order valence-electron chi connectivity index (χ2n) is 11.2. The number of unbranched alkanes of at least 4 members (excludes halogenated alkanes) is 8. The molecule has 0 aliphatic heterocycles. The van der Waals surface area contributed by atoms with Crippen LogP contribution in [-0.2, 0) is 21.7 Å². The summed E-state index contributed by atoms with van der Waals surface area (Å²) < 4.78 is 0. The van der Waals surface area contributed by atoms with E-state index in [-0.39, 0.29) is 21.7 Å². The molecule has 0 aromatic heterocycles. The van der Waals surface area contributed by atoms with E-state index in [1.165, 1.54) is 77.0 Å². The van der Waals surface area contributed by atoms with Gasteiger partial charge < -0.3 is 19.8 Å². The van der Waals surface area contributed by atoms with Crippen LogP contribution in [0.2, 0.25) is 36.3 Å². The van der Waals surface area contributed by atoms with E-state index in [1.54, 1.807) is 0 Å². The molecule has 0 unspecified atom stereocenters. The normalized spacial score (nSPS) is 10.8. The molecule has 39 heavy (non-hydrogen) atoms. The molecule has 0 radical (unpaired) electrons. The summed E-state index contributed by atoms with van der Waals surface area (Å²) in [5.74, 6) is 0. The Kier molecular flexibility index (Phi) is 52.4. The van der Waals surface area contributed by atoms with Crippen LogP contribution in [0.15, 0.2) is 0 Å². The molecule has 0 spiro atoms. The minimum absolute atomic E-state index is 0. The smallest absolute Gasteiger partial charge is 0.188 e. The summed E-state index contributed by atoms with van der Waals surface area (Å²) in [5, 5.41) is 16.1. The summed E-state index contributed by atoms with van der Waals surface area (Å²) >= 11 is 0. The molecular formula is C32H76O4Si2Ti.